The normalized spacial score (nSPS) is 20.6. The fourth-order valence-corrected chi connectivity index (χ4v) is 4.37. The minimum Gasteiger partial charge on any atom is -0.354 e. The van der Waals surface area contributed by atoms with E-state index >= 15 is 0 Å². The third-order valence-electron chi connectivity index (χ3n) is 6.32. The molecular weight excluding hydrogens is 463 g/mol. The van der Waals surface area contributed by atoms with Crippen LogP contribution in [0, 0.1) is 0 Å². The molecule has 2 aromatic rings. The standard InChI is InChI=1S/C23H28F3N7O2/c1-31-9-3-5-17(31)22(35)33-10-6-20(34)28-8-11-32(12-13-33)19-14-18(23(24,25)26)29-21(30-19)16-4-2-7-27-15-16/h2,4,7,14-15,17H,3,5-6,8-13H2,1H3,(H,28,34). The third kappa shape index (κ3) is 6.05. The summed E-state index contributed by atoms with van der Waals surface area (Å²) in [4.78, 5) is 42.8. The van der Waals surface area contributed by atoms with E-state index in [4.69, 9.17) is 0 Å². The number of pyridine rings is 1. The first-order valence-electron chi connectivity index (χ1n) is 11.6. The lowest BCUT2D eigenvalue weighted by Crippen LogP contribution is -2.50. The van der Waals surface area contributed by atoms with Gasteiger partial charge in [0, 0.05) is 63.2 Å². The van der Waals surface area contributed by atoms with E-state index in [0.29, 0.717) is 5.56 Å². The van der Waals surface area contributed by atoms with Crippen molar-refractivity contribution in [1.29, 1.82) is 0 Å². The number of halogens is 3. The van der Waals surface area contributed by atoms with Crippen LogP contribution in [-0.4, -0.2) is 88.9 Å². The molecule has 4 heterocycles. The molecule has 2 amide bonds. The molecule has 0 spiro atoms. The summed E-state index contributed by atoms with van der Waals surface area (Å²) in [7, 11) is 1.90. The minimum atomic E-state index is -4.67. The van der Waals surface area contributed by atoms with Crippen LogP contribution in [0.2, 0.25) is 0 Å². The first kappa shape index (κ1) is 24.8. The number of nitrogens with one attached hydrogen (secondary N) is 1. The van der Waals surface area contributed by atoms with E-state index in [1.54, 1.807) is 21.9 Å². The molecule has 0 radical (unpaired) electrons. The number of anilines is 1. The van der Waals surface area contributed by atoms with Gasteiger partial charge in [0.15, 0.2) is 11.5 Å². The Morgan fingerprint density at radius 3 is 2.66 bits per heavy atom. The predicted octanol–water partition coefficient (Wildman–Crippen LogP) is 1.81. The number of aromatic nitrogens is 3. The smallest absolute Gasteiger partial charge is 0.354 e. The highest BCUT2D eigenvalue weighted by Crippen LogP contribution is 2.31. The Bertz CT molecular complexity index is 1050. The molecule has 2 aliphatic heterocycles. The molecule has 2 fully saturated rings. The molecule has 2 aromatic heterocycles. The first-order chi connectivity index (χ1) is 16.7. The summed E-state index contributed by atoms with van der Waals surface area (Å²) in [5, 5.41) is 2.78. The lowest BCUT2D eigenvalue weighted by molar-refractivity contribution is -0.141. The van der Waals surface area contributed by atoms with Crippen LogP contribution in [0.5, 0.6) is 0 Å². The molecule has 9 nitrogen and oxygen atoms in total. The fourth-order valence-electron chi connectivity index (χ4n) is 4.37. The van der Waals surface area contributed by atoms with E-state index in [1.807, 2.05) is 11.9 Å². The first-order valence-corrected chi connectivity index (χ1v) is 11.6. The molecule has 1 unspecified atom stereocenters. The van der Waals surface area contributed by atoms with Gasteiger partial charge in [-0.15, -0.1) is 0 Å². The van der Waals surface area contributed by atoms with Crippen molar-refractivity contribution in [3.63, 3.8) is 0 Å². The number of nitrogens with zero attached hydrogens (tertiary/aromatic N) is 6. The number of likely N-dealkylation sites (tertiary alicyclic amines) is 1. The van der Waals surface area contributed by atoms with Gasteiger partial charge >= 0.3 is 6.18 Å². The maximum Gasteiger partial charge on any atom is 0.433 e. The SMILES string of the molecule is CN1CCCC1C(=O)N1CCC(=O)NCCN(c2cc(C(F)(F)F)nc(-c3cccnc3)n2)CC1. The molecule has 4 rings (SSSR count). The summed E-state index contributed by atoms with van der Waals surface area (Å²) in [6, 6.07) is 3.85. The quantitative estimate of drug-likeness (QED) is 0.700. The highest BCUT2D eigenvalue weighted by molar-refractivity contribution is 5.83. The number of rotatable bonds is 3. The van der Waals surface area contributed by atoms with E-state index in [2.05, 4.69) is 20.3 Å². The summed E-state index contributed by atoms with van der Waals surface area (Å²) >= 11 is 0. The Hall–Kier alpha value is -3.28. The van der Waals surface area contributed by atoms with Crippen LogP contribution in [0.1, 0.15) is 25.0 Å². The molecule has 0 bridgehead atoms. The van der Waals surface area contributed by atoms with Crippen molar-refractivity contribution < 1.29 is 22.8 Å². The summed E-state index contributed by atoms with van der Waals surface area (Å²) in [5.74, 6) is -0.289. The molecule has 1 atom stereocenters. The molecule has 35 heavy (non-hydrogen) atoms. The second-order valence-electron chi connectivity index (χ2n) is 8.73. The van der Waals surface area contributed by atoms with Gasteiger partial charge in [-0.1, -0.05) is 0 Å². The lowest BCUT2D eigenvalue weighted by atomic mass is 10.1. The van der Waals surface area contributed by atoms with Gasteiger partial charge in [-0.3, -0.25) is 19.5 Å². The number of alkyl halides is 3. The van der Waals surface area contributed by atoms with Crippen LogP contribution in [0.4, 0.5) is 19.0 Å². The molecular formula is C23H28F3N7O2. The van der Waals surface area contributed by atoms with Crippen LogP contribution >= 0.6 is 0 Å². The number of hydrogen-bond acceptors (Lipinski definition) is 7. The number of carbonyl (C=O) groups excluding carboxylic acids is 2. The monoisotopic (exact) mass is 491 g/mol. The number of amides is 2. The van der Waals surface area contributed by atoms with E-state index in [0.717, 1.165) is 25.5 Å². The average molecular weight is 492 g/mol. The zero-order valence-corrected chi connectivity index (χ0v) is 19.5. The number of carbonyl (C=O) groups is 2. The van der Waals surface area contributed by atoms with Gasteiger partial charge in [-0.25, -0.2) is 9.97 Å². The average Bonchev–Trinajstić information content (AvgIpc) is 3.28. The van der Waals surface area contributed by atoms with Crippen LogP contribution in [-0.2, 0) is 15.8 Å². The van der Waals surface area contributed by atoms with Crippen molar-refractivity contribution in [1.82, 2.24) is 30.1 Å². The molecule has 12 heteroatoms. The summed E-state index contributed by atoms with van der Waals surface area (Å²) < 4.78 is 41.1. The Kier molecular flexibility index (Phi) is 7.48. The van der Waals surface area contributed by atoms with Gasteiger partial charge in [-0.2, -0.15) is 13.2 Å². The number of hydrogen-bond donors (Lipinski definition) is 1. The van der Waals surface area contributed by atoms with Gasteiger partial charge in [0.1, 0.15) is 5.82 Å². The molecule has 0 aromatic carbocycles. The van der Waals surface area contributed by atoms with Gasteiger partial charge in [0.25, 0.3) is 0 Å². The topological polar surface area (TPSA) is 94.6 Å². The van der Waals surface area contributed by atoms with Crippen molar-refractivity contribution in [2.24, 2.45) is 0 Å². The van der Waals surface area contributed by atoms with Gasteiger partial charge in [0.2, 0.25) is 11.8 Å². The second-order valence-corrected chi connectivity index (χ2v) is 8.73. The zero-order chi connectivity index (χ0) is 25.0. The van der Waals surface area contributed by atoms with E-state index in [9.17, 15) is 22.8 Å². The van der Waals surface area contributed by atoms with Crippen molar-refractivity contribution in [3.8, 4) is 11.4 Å². The Labute approximate surface area is 201 Å². The molecule has 2 aliphatic rings. The Morgan fingerprint density at radius 2 is 1.97 bits per heavy atom. The summed E-state index contributed by atoms with van der Waals surface area (Å²) in [6.07, 6.45) is 0.0936. The van der Waals surface area contributed by atoms with E-state index in [1.165, 1.54) is 12.4 Å². The highest BCUT2D eigenvalue weighted by atomic mass is 19.4. The van der Waals surface area contributed by atoms with Crippen LogP contribution in [0.15, 0.2) is 30.6 Å². The largest absolute Gasteiger partial charge is 0.433 e. The van der Waals surface area contributed by atoms with Crippen LogP contribution in [0.3, 0.4) is 0 Å². The maximum absolute atomic E-state index is 13.7. The third-order valence-corrected chi connectivity index (χ3v) is 6.32. The fraction of sp³-hybridized carbons (Fsp3) is 0.522. The van der Waals surface area contributed by atoms with Gasteiger partial charge in [-0.05, 0) is 38.6 Å². The van der Waals surface area contributed by atoms with Gasteiger partial charge in [0.05, 0.1) is 6.04 Å². The van der Waals surface area contributed by atoms with Crippen molar-refractivity contribution >= 4 is 17.6 Å². The van der Waals surface area contributed by atoms with Crippen molar-refractivity contribution in [2.45, 2.75) is 31.5 Å². The zero-order valence-electron chi connectivity index (χ0n) is 19.5. The summed E-state index contributed by atoms with van der Waals surface area (Å²) in [6.45, 7) is 2.09. The van der Waals surface area contributed by atoms with Crippen LogP contribution < -0.4 is 10.2 Å². The predicted molar refractivity (Wildman–Crippen MR) is 122 cm³/mol. The van der Waals surface area contributed by atoms with E-state index < -0.39 is 11.9 Å². The molecule has 1 N–H and O–H groups in total. The van der Waals surface area contributed by atoms with E-state index in [-0.39, 0.29) is 68.6 Å². The molecule has 188 valence electrons. The van der Waals surface area contributed by atoms with Crippen molar-refractivity contribution in [3.05, 3.63) is 36.3 Å². The minimum absolute atomic E-state index is 0.0620. The maximum atomic E-state index is 13.7. The molecule has 2 saturated heterocycles. The number of likely N-dealkylation sites (N-methyl/N-ethyl adjacent to an activating group) is 1. The van der Waals surface area contributed by atoms with Crippen LogP contribution in [0.25, 0.3) is 11.4 Å². The lowest BCUT2D eigenvalue weighted by Gasteiger charge is -2.33. The molecule has 0 saturated carbocycles. The molecule has 0 aliphatic carbocycles. The highest BCUT2D eigenvalue weighted by Gasteiger charge is 2.35. The summed E-state index contributed by atoms with van der Waals surface area (Å²) in [5.41, 5.74) is -0.710. The van der Waals surface area contributed by atoms with Gasteiger partial charge < -0.3 is 15.1 Å². The Balaban J connectivity index is 1.64. The second kappa shape index (κ2) is 10.5. The Morgan fingerprint density at radius 1 is 1.14 bits per heavy atom. The van der Waals surface area contributed by atoms with Crippen molar-refractivity contribution in [2.75, 3.05) is 51.2 Å².